The van der Waals surface area contributed by atoms with Gasteiger partial charge in [-0.15, -0.1) is 10.2 Å². The van der Waals surface area contributed by atoms with Gasteiger partial charge in [-0.1, -0.05) is 0 Å². The van der Waals surface area contributed by atoms with Crippen LogP contribution in [0.3, 0.4) is 0 Å². The van der Waals surface area contributed by atoms with E-state index < -0.39 is 0 Å². The van der Waals surface area contributed by atoms with Gasteiger partial charge in [-0.2, -0.15) is 0 Å². The van der Waals surface area contributed by atoms with E-state index in [1.54, 1.807) is 6.07 Å². The van der Waals surface area contributed by atoms with Crippen LogP contribution < -0.4 is 10.6 Å². The summed E-state index contributed by atoms with van der Waals surface area (Å²) in [6.07, 6.45) is 5.06. The zero-order chi connectivity index (χ0) is 19.0. The molecule has 4 rings (SSSR count). The minimum Gasteiger partial charge on any atom is -0.352 e. The first kappa shape index (κ1) is 17.8. The molecule has 3 amide bonds. The Labute approximate surface area is 158 Å². The summed E-state index contributed by atoms with van der Waals surface area (Å²) in [4.78, 5) is 26.4. The van der Waals surface area contributed by atoms with Crippen molar-refractivity contribution in [2.24, 2.45) is 5.92 Å². The SMILES string of the molecule is CC(C)NC(=O)N1CCC(c2nnc3ccc(C(=O)NCC4CC4)cn23)C1. The molecule has 27 heavy (non-hydrogen) atoms. The highest BCUT2D eigenvalue weighted by molar-refractivity contribution is 5.94. The van der Waals surface area contributed by atoms with Crippen molar-refractivity contribution in [2.45, 2.75) is 45.1 Å². The number of urea groups is 1. The van der Waals surface area contributed by atoms with Crippen molar-refractivity contribution in [3.63, 3.8) is 0 Å². The van der Waals surface area contributed by atoms with Crippen LogP contribution in [0, 0.1) is 5.92 Å². The first-order valence-electron chi connectivity index (χ1n) is 9.69. The lowest BCUT2D eigenvalue weighted by Gasteiger charge is -2.18. The first-order valence-corrected chi connectivity index (χ1v) is 9.69. The molecule has 2 aliphatic rings. The zero-order valence-electron chi connectivity index (χ0n) is 15.8. The highest BCUT2D eigenvalue weighted by Crippen LogP contribution is 2.28. The molecule has 8 nitrogen and oxygen atoms in total. The predicted molar refractivity (Wildman–Crippen MR) is 101 cm³/mol. The summed E-state index contributed by atoms with van der Waals surface area (Å²) in [6.45, 7) is 5.95. The Kier molecular flexibility index (Phi) is 4.72. The summed E-state index contributed by atoms with van der Waals surface area (Å²) in [6, 6.07) is 3.68. The van der Waals surface area contributed by atoms with Crippen molar-refractivity contribution < 1.29 is 9.59 Å². The van der Waals surface area contributed by atoms with Gasteiger partial charge in [-0.25, -0.2) is 4.79 Å². The van der Waals surface area contributed by atoms with Crippen LogP contribution in [0.5, 0.6) is 0 Å². The number of pyridine rings is 1. The van der Waals surface area contributed by atoms with Crippen LogP contribution >= 0.6 is 0 Å². The molecule has 2 fully saturated rings. The quantitative estimate of drug-likeness (QED) is 0.839. The Morgan fingerprint density at radius 2 is 2.04 bits per heavy atom. The number of likely N-dealkylation sites (tertiary alicyclic amines) is 1. The molecule has 2 aromatic rings. The molecule has 1 atom stereocenters. The molecule has 0 aromatic carbocycles. The number of rotatable bonds is 5. The van der Waals surface area contributed by atoms with Crippen molar-refractivity contribution >= 4 is 17.6 Å². The van der Waals surface area contributed by atoms with Crippen molar-refractivity contribution in [2.75, 3.05) is 19.6 Å². The lowest BCUT2D eigenvalue weighted by molar-refractivity contribution is 0.0951. The second-order valence-electron chi connectivity index (χ2n) is 7.89. The van der Waals surface area contributed by atoms with Gasteiger partial charge in [0.25, 0.3) is 5.91 Å². The third-order valence-electron chi connectivity index (χ3n) is 5.19. The topological polar surface area (TPSA) is 91.6 Å². The molecule has 1 aliphatic heterocycles. The molecule has 1 unspecified atom stereocenters. The van der Waals surface area contributed by atoms with E-state index in [-0.39, 0.29) is 23.9 Å². The molecule has 2 aromatic heterocycles. The molecule has 8 heteroatoms. The number of nitrogens with one attached hydrogen (secondary N) is 2. The summed E-state index contributed by atoms with van der Waals surface area (Å²) < 4.78 is 1.89. The van der Waals surface area contributed by atoms with Gasteiger partial charge in [0, 0.05) is 37.8 Å². The normalized spacial score (nSPS) is 19.7. The Morgan fingerprint density at radius 3 is 2.78 bits per heavy atom. The van der Waals surface area contributed by atoms with Gasteiger partial charge < -0.3 is 15.5 Å². The fourth-order valence-corrected chi connectivity index (χ4v) is 3.48. The number of fused-ring (bicyclic) bond motifs is 1. The molecular formula is C19H26N6O2. The molecule has 1 saturated carbocycles. The molecule has 2 N–H and O–H groups in total. The summed E-state index contributed by atoms with van der Waals surface area (Å²) in [5.41, 5.74) is 1.32. The maximum atomic E-state index is 12.4. The van der Waals surface area contributed by atoms with Crippen LogP contribution in [0.4, 0.5) is 4.79 Å². The smallest absolute Gasteiger partial charge is 0.317 e. The van der Waals surface area contributed by atoms with E-state index >= 15 is 0 Å². The Morgan fingerprint density at radius 1 is 1.22 bits per heavy atom. The number of nitrogens with zero attached hydrogens (tertiary/aromatic N) is 4. The Balaban J connectivity index is 1.49. The van der Waals surface area contributed by atoms with Crippen LogP contribution in [0.15, 0.2) is 18.3 Å². The van der Waals surface area contributed by atoms with Crippen molar-refractivity contribution in [3.8, 4) is 0 Å². The van der Waals surface area contributed by atoms with Crippen LogP contribution in [0.1, 0.15) is 55.2 Å². The third-order valence-corrected chi connectivity index (χ3v) is 5.19. The van der Waals surface area contributed by atoms with Crippen LogP contribution in [-0.2, 0) is 0 Å². The maximum absolute atomic E-state index is 12.4. The molecule has 3 heterocycles. The van der Waals surface area contributed by atoms with E-state index in [2.05, 4.69) is 20.8 Å². The maximum Gasteiger partial charge on any atom is 0.317 e. The molecule has 0 radical (unpaired) electrons. The van der Waals surface area contributed by atoms with Crippen molar-refractivity contribution in [3.05, 3.63) is 29.7 Å². The average Bonchev–Trinajstić information content (AvgIpc) is 3.16. The summed E-state index contributed by atoms with van der Waals surface area (Å²) in [7, 11) is 0. The number of aromatic nitrogens is 3. The van der Waals surface area contributed by atoms with Gasteiger partial charge >= 0.3 is 6.03 Å². The van der Waals surface area contributed by atoms with Gasteiger partial charge in [-0.05, 0) is 51.2 Å². The fraction of sp³-hybridized carbons (Fsp3) is 0.579. The van der Waals surface area contributed by atoms with Gasteiger partial charge in [0.15, 0.2) is 5.65 Å². The molecule has 0 spiro atoms. The monoisotopic (exact) mass is 370 g/mol. The Hall–Kier alpha value is -2.64. The molecule has 0 bridgehead atoms. The third kappa shape index (κ3) is 3.89. The van der Waals surface area contributed by atoms with Gasteiger partial charge in [0.1, 0.15) is 5.82 Å². The summed E-state index contributed by atoms with van der Waals surface area (Å²) in [5.74, 6) is 1.50. The minimum absolute atomic E-state index is 0.0403. The summed E-state index contributed by atoms with van der Waals surface area (Å²) >= 11 is 0. The largest absolute Gasteiger partial charge is 0.352 e. The standard InChI is InChI=1S/C19H26N6O2/c1-12(2)21-19(27)24-8-7-14(10-24)17-23-22-16-6-5-15(11-25(16)17)18(26)20-9-13-3-4-13/h5-6,11-14H,3-4,7-10H2,1-2H3,(H,20,26)(H,21,27). The number of carbonyl (C=O) groups is 2. The number of hydrogen-bond acceptors (Lipinski definition) is 4. The van der Waals surface area contributed by atoms with Gasteiger partial charge in [-0.3, -0.25) is 9.20 Å². The van der Waals surface area contributed by atoms with E-state index in [0.717, 1.165) is 18.8 Å². The second kappa shape index (κ2) is 7.17. The van der Waals surface area contributed by atoms with Gasteiger partial charge in [0.05, 0.1) is 5.56 Å². The highest BCUT2D eigenvalue weighted by Gasteiger charge is 2.31. The molecule has 1 aliphatic carbocycles. The molecule has 1 saturated heterocycles. The van der Waals surface area contributed by atoms with E-state index in [1.165, 1.54) is 12.8 Å². The first-order chi connectivity index (χ1) is 13.0. The van der Waals surface area contributed by atoms with E-state index in [9.17, 15) is 9.59 Å². The van der Waals surface area contributed by atoms with Crippen LogP contribution in [0.25, 0.3) is 5.65 Å². The van der Waals surface area contributed by atoms with E-state index in [4.69, 9.17) is 0 Å². The van der Waals surface area contributed by atoms with Crippen molar-refractivity contribution in [1.29, 1.82) is 0 Å². The molecule has 144 valence electrons. The Bertz CT molecular complexity index is 857. The highest BCUT2D eigenvalue weighted by atomic mass is 16.2. The second-order valence-corrected chi connectivity index (χ2v) is 7.89. The predicted octanol–water partition coefficient (Wildman–Crippen LogP) is 1.78. The lowest BCUT2D eigenvalue weighted by atomic mass is 10.1. The number of hydrogen-bond donors (Lipinski definition) is 2. The van der Waals surface area contributed by atoms with Crippen molar-refractivity contribution in [1.82, 2.24) is 30.1 Å². The van der Waals surface area contributed by atoms with E-state index in [0.29, 0.717) is 30.2 Å². The molecular weight excluding hydrogens is 344 g/mol. The van der Waals surface area contributed by atoms with Gasteiger partial charge in [0.2, 0.25) is 0 Å². The van der Waals surface area contributed by atoms with Crippen LogP contribution in [0.2, 0.25) is 0 Å². The zero-order valence-corrected chi connectivity index (χ0v) is 15.8. The fourth-order valence-electron chi connectivity index (χ4n) is 3.48. The number of amides is 3. The van der Waals surface area contributed by atoms with Crippen LogP contribution in [-0.4, -0.2) is 57.1 Å². The summed E-state index contributed by atoms with van der Waals surface area (Å²) in [5, 5.41) is 14.5. The number of carbonyl (C=O) groups excluding carboxylic acids is 2. The van der Waals surface area contributed by atoms with E-state index in [1.807, 2.05) is 35.4 Å². The lowest BCUT2D eigenvalue weighted by Crippen LogP contribution is -2.41. The average molecular weight is 370 g/mol. The minimum atomic E-state index is -0.0622.